The van der Waals surface area contributed by atoms with Crippen LogP contribution in [-0.2, 0) is 22.7 Å². The molecule has 0 radical (unpaired) electrons. The summed E-state index contributed by atoms with van der Waals surface area (Å²) in [5, 5.41) is 7.19. The molecule has 1 N–H and O–H groups in total. The molecule has 1 aromatic rings. The smallest absolute Gasteiger partial charge is 0.246 e. The lowest BCUT2D eigenvalue weighted by Gasteiger charge is -2.37. The Hall–Kier alpha value is -1.63. The van der Waals surface area contributed by atoms with Crippen molar-refractivity contribution >= 4 is 27.7 Å². The number of hydrogen-bond acceptors (Lipinski definition) is 3. The molecule has 2 rings (SSSR count). The van der Waals surface area contributed by atoms with E-state index in [2.05, 4.69) is 32.9 Å². The van der Waals surface area contributed by atoms with E-state index in [9.17, 15) is 9.59 Å². The fourth-order valence-electron chi connectivity index (χ4n) is 1.99. The van der Waals surface area contributed by atoms with Gasteiger partial charge in [0, 0.05) is 25.8 Å². The molecule has 1 fully saturated rings. The average molecular weight is 341 g/mol. The topological polar surface area (TPSA) is 67.2 Å². The summed E-state index contributed by atoms with van der Waals surface area (Å²) in [5.74, 6) is -0.305. The van der Waals surface area contributed by atoms with Crippen molar-refractivity contribution in [3.05, 3.63) is 29.0 Å². The van der Waals surface area contributed by atoms with Gasteiger partial charge in [-0.25, -0.2) is 0 Å². The third-order valence-corrected chi connectivity index (χ3v) is 3.94. The zero-order valence-electron chi connectivity index (χ0n) is 11.3. The van der Waals surface area contributed by atoms with Gasteiger partial charge >= 0.3 is 0 Å². The Morgan fingerprint density at radius 2 is 2.30 bits per heavy atom. The molecule has 0 atom stereocenters. The Morgan fingerprint density at radius 1 is 1.60 bits per heavy atom. The summed E-state index contributed by atoms with van der Waals surface area (Å²) in [6, 6.07) is 0. The van der Waals surface area contributed by atoms with Gasteiger partial charge in [-0.2, -0.15) is 5.10 Å². The number of nitrogens with zero attached hydrogens (tertiary/aromatic N) is 3. The van der Waals surface area contributed by atoms with Crippen molar-refractivity contribution in [1.29, 1.82) is 0 Å². The number of aryl methyl sites for hydroxylation is 1. The Labute approximate surface area is 125 Å². The molecule has 1 saturated heterocycles. The lowest BCUT2D eigenvalue weighted by atomic mass is 9.99. The van der Waals surface area contributed by atoms with Gasteiger partial charge in [0.1, 0.15) is 0 Å². The minimum atomic E-state index is -0.133. The summed E-state index contributed by atoms with van der Waals surface area (Å²) < 4.78 is 2.69. The zero-order chi connectivity index (χ0) is 14.7. The first kappa shape index (κ1) is 14.8. The molecule has 20 heavy (non-hydrogen) atoms. The summed E-state index contributed by atoms with van der Waals surface area (Å²) in [7, 11) is 0. The van der Waals surface area contributed by atoms with Crippen LogP contribution in [0.4, 0.5) is 0 Å². The first-order valence-electron chi connectivity index (χ1n) is 6.46. The van der Waals surface area contributed by atoms with E-state index in [4.69, 9.17) is 0 Å². The number of rotatable bonds is 5. The predicted molar refractivity (Wildman–Crippen MR) is 77.7 cm³/mol. The molecule has 7 heteroatoms. The maximum Gasteiger partial charge on any atom is 0.246 e. The molecule has 2 heterocycles. The van der Waals surface area contributed by atoms with E-state index in [1.54, 1.807) is 9.58 Å². The Kier molecular flexibility index (Phi) is 4.59. The number of hydrogen-bond donors (Lipinski definition) is 1. The van der Waals surface area contributed by atoms with Crippen molar-refractivity contribution in [3.8, 4) is 0 Å². The van der Waals surface area contributed by atoms with E-state index in [0.717, 1.165) is 16.7 Å². The minimum absolute atomic E-state index is 0.0453. The molecule has 1 aliphatic rings. The van der Waals surface area contributed by atoms with Gasteiger partial charge < -0.3 is 10.2 Å². The van der Waals surface area contributed by atoms with Crippen LogP contribution < -0.4 is 5.32 Å². The third kappa shape index (κ3) is 3.09. The lowest BCUT2D eigenvalue weighted by Crippen LogP contribution is -2.55. The third-order valence-electron chi connectivity index (χ3n) is 3.28. The number of halogens is 1. The highest BCUT2D eigenvalue weighted by Gasteiger charge is 2.34. The van der Waals surface area contributed by atoms with Crippen LogP contribution in [0.1, 0.15) is 12.6 Å². The number of carbonyl (C=O) groups is 2. The molecule has 6 nitrogen and oxygen atoms in total. The number of carbonyl (C=O) groups excluding carboxylic acids is 2. The Balaban J connectivity index is 1.80. The van der Waals surface area contributed by atoms with Gasteiger partial charge in [-0.15, -0.1) is 0 Å². The van der Waals surface area contributed by atoms with Crippen LogP contribution in [0, 0.1) is 5.92 Å². The molecule has 0 aromatic carbocycles. The van der Waals surface area contributed by atoms with E-state index in [0.29, 0.717) is 19.6 Å². The SMILES string of the molecule is C=CC(=O)N1CC(C(=O)NCc2nn(CC)cc2Br)C1. The first-order chi connectivity index (χ1) is 9.55. The molecular weight excluding hydrogens is 324 g/mol. The van der Waals surface area contributed by atoms with Gasteiger partial charge in [0.25, 0.3) is 0 Å². The van der Waals surface area contributed by atoms with E-state index < -0.39 is 0 Å². The summed E-state index contributed by atoms with van der Waals surface area (Å²) in [5.41, 5.74) is 0.804. The number of likely N-dealkylation sites (tertiary alicyclic amines) is 1. The van der Waals surface area contributed by atoms with Gasteiger partial charge in [-0.3, -0.25) is 14.3 Å². The van der Waals surface area contributed by atoms with E-state index in [1.165, 1.54) is 6.08 Å². The highest BCUT2D eigenvalue weighted by atomic mass is 79.9. The van der Waals surface area contributed by atoms with Crippen LogP contribution in [0.2, 0.25) is 0 Å². The Bertz CT molecular complexity index is 534. The zero-order valence-corrected chi connectivity index (χ0v) is 12.9. The standard InChI is InChI=1S/C13H17BrN4O2/c1-3-12(19)17-6-9(7-17)13(20)15-5-11-10(14)8-18(4-2)16-11/h3,8-9H,1,4-7H2,2H3,(H,15,20). The molecule has 0 saturated carbocycles. The minimum Gasteiger partial charge on any atom is -0.350 e. The molecule has 0 aliphatic carbocycles. The van der Waals surface area contributed by atoms with Crippen molar-refractivity contribution in [2.75, 3.05) is 13.1 Å². The first-order valence-corrected chi connectivity index (χ1v) is 7.25. The molecule has 1 aromatic heterocycles. The second-order valence-electron chi connectivity index (χ2n) is 4.64. The van der Waals surface area contributed by atoms with Gasteiger partial charge in [0.05, 0.1) is 22.6 Å². The average Bonchev–Trinajstić information content (AvgIpc) is 2.75. The van der Waals surface area contributed by atoms with E-state index >= 15 is 0 Å². The van der Waals surface area contributed by atoms with Crippen molar-refractivity contribution in [3.63, 3.8) is 0 Å². The van der Waals surface area contributed by atoms with Crippen molar-refractivity contribution in [1.82, 2.24) is 20.0 Å². The second-order valence-corrected chi connectivity index (χ2v) is 5.50. The van der Waals surface area contributed by atoms with Crippen LogP contribution in [0.5, 0.6) is 0 Å². The van der Waals surface area contributed by atoms with Gasteiger partial charge in [-0.05, 0) is 28.9 Å². The van der Waals surface area contributed by atoms with E-state index in [-0.39, 0.29) is 17.7 Å². The summed E-state index contributed by atoms with van der Waals surface area (Å²) in [6.45, 7) is 7.52. The van der Waals surface area contributed by atoms with Crippen LogP contribution in [-0.4, -0.2) is 39.6 Å². The quantitative estimate of drug-likeness (QED) is 0.810. The molecular formula is C13H17BrN4O2. The molecule has 0 unspecified atom stereocenters. The van der Waals surface area contributed by atoms with Crippen LogP contribution in [0.3, 0.4) is 0 Å². The fourth-order valence-corrected chi connectivity index (χ4v) is 2.44. The normalized spacial score (nSPS) is 14.8. The Morgan fingerprint density at radius 3 is 2.85 bits per heavy atom. The fraction of sp³-hybridized carbons (Fsp3) is 0.462. The molecule has 0 spiro atoms. The summed E-state index contributed by atoms with van der Waals surface area (Å²) in [4.78, 5) is 24.8. The van der Waals surface area contributed by atoms with E-state index in [1.807, 2.05) is 13.1 Å². The number of amides is 2. The second kappa shape index (κ2) is 6.21. The van der Waals surface area contributed by atoms with Crippen molar-refractivity contribution < 1.29 is 9.59 Å². The molecule has 0 bridgehead atoms. The molecule has 2 amide bonds. The van der Waals surface area contributed by atoms with Gasteiger partial charge in [0.2, 0.25) is 11.8 Å². The van der Waals surface area contributed by atoms with Crippen molar-refractivity contribution in [2.24, 2.45) is 5.92 Å². The molecule has 108 valence electrons. The van der Waals surface area contributed by atoms with Crippen LogP contribution >= 0.6 is 15.9 Å². The van der Waals surface area contributed by atoms with Crippen LogP contribution in [0.25, 0.3) is 0 Å². The lowest BCUT2D eigenvalue weighted by molar-refractivity contribution is -0.139. The van der Waals surface area contributed by atoms with Crippen molar-refractivity contribution in [2.45, 2.75) is 20.0 Å². The number of nitrogens with one attached hydrogen (secondary N) is 1. The predicted octanol–water partition coefficient (Wildman–Crippen LogP) is 0.926. The summed E-state index contributed by atoms with van der Waals surface area (Å²) in [6.07, 6.45) is 3.15. The largest absolute Gasteiger partial charge is 0.350 e. The maximum atomic E-state index is 11.9. The molecule has 1 aliphatic heterocycles. The summed E-state index contributed by atoms with van der Waals surface area (Å²) >= 11 is 3.42. The maximum absolute atomic E-state index is 11.9. The highest BCUT2D eigenvalue weighted by Crippen LogP contribution is 2.17. The monoisotopic (exact) mass is 340 g/mol. The number of aromatic nitrogens is 2. The van der Waals surface area contributed by atoms with Crippen LogP contribution in [0.15, 0.2) is 23.3 Å². The van der Waals surface area contributed by atoms with Gasteiger partial charge in [0.15, 0.2) is 0 Å². The highest BCUT2D eigenvalue weighted by molar-refractivity contribution is 9.10. The van der Waals surface area contributed by atoms with Gasteiger partial charge in [-0.1, -0.05) is 6.58 Å².